The quantitative estimate of drug-likeness (QED) is 0.281. The van der Waals surface area contributed by atoms with E-state index < -0.39 is 47.7 Å². The summed E-state index contributed by atoms with van der Waals surface area (Å²) in [6, 6.07) is 0. The molecule has 0 aromatic carbocycles. The molecule has 0 fully saturated rings. The van der Waals surface area contributed by atoms with Gasteiger partial charge in [-0.05, 0) is 32.3 Å². The molecule has 154 valence electrons. The van der Waals surface area contributed by atoms with Gasteiger partial charge < -0.3 is 19.7 Å². The number of carbonyl (C=O) groups is 4. The number of esters is 2. The minimum atomic E-state index is -1.49. The Morgan fingerprint density at radius 3 is 1.52 bits per heavy atom. The van der Waals surface area contributed by atoms with Crippen molar-refractivity contribution in [3.8, 4) is 0 Å². The summed E-state index contributed by atoms with van der Waals surface area (Å²) in [4.78, 5) is 47.3. The van der Waals surface area contributed by atoms with Crippen molar-refractivity contribution >= 4 is 23.9 Å². The predicted octanol–water partition coefficient (Wildman–Crippen LogP) is 2.80. The Hall–Kier alpha value is -2.38. The van der Waals surface area contributed by atoms with Crippen LogP contribution in [0.2, 0.25) is 0 Å². The minimum absolute atomic E-state index is 0.0899. The molecule has 0 aromatic heterocycles. The standard InChI is InChI=1S/C19H30O8/c1-5-7-9-26-18(24)12(3)16(14(17(22)23)11-15(20)21)13(4)19(25)27-10-8-6-2/h12-13H,5-11H2,1-4H3,(H,20,21)(H,22,23). The van der Waals surface area contributed by atoms with Crippen molar-refractivity contribution in [3.05, 3.63) is 11.1 Å². The summed E-state index contributed by atoms with van der Waals surface area (Å²) in [5, 5.41) is 18.5. The largest absolute Gasteiger partial charge is 0.481 e. The van der Waals surface area contributed by atoms with Crippen molar-refractivity contribution in [3.63, 3.8) is 0 Å². The average molecular weight is 386 g/mol. The highest BCUT2D eigenvalue weighted by molar-refractivity contribution is 5.96. The third kappa shape index (κ3) is 8.70. The Morgan fingerprint density at radius 1 is 0.815 bits per heavy atom. The van der Waals surface area contributed by atoms with Gasteiger partial charge in [-0.15, -0.1) is 0 Å². The Bertz CT molecular complexity index is 534. The third-order valence-corrected chi connectivity index (χ3v) is 4.06. The van der Waals surface area contributed by atoms with E-state index in [1.54, 1.807) is 0 Å². The first-order chi connectivity index (χ1) is 12.7. The molecule has 0 aliphatic carbocycles. The van der Waals surface area contributed by atoms with Crippen molar-refractivity contribution in [2.75, 3.05) is 13.2 Å². The molecule has 2 atom stereocenters. The van der Waals surface area contributed by atoms with Gasteiger partial charge in [0.15, 0.2) is 0 Å². The van der Waals surface area contributed by atoms with Gasteiger partial charge in [0.05, 0.1) is 31.5 Å². The van der Waals surface area contributed by atoms with E-state index in [4.69, 9.17) is 14.6 Å². The molecule has 0 saturated heterocycles. The maximum atomic E-state index is 12.3. The van der Waals surface area contributed by atoms with Gasteiger partial charge in [-0.2, -0.15) is 0 Å². The lowest BCUT2D eigenvalue weighted by Crippen LogP contribution is -2.29. The zero-order valence-corrected chi connectivity index (χ0v) is 16.4. The van der Waals surface area contributed by atoms with Crippen molar-refractivity contribution in [1.29, 1.82) is 0 Å². The summed E-state index contributed by atoms with van der Waals surface area (Å²) >= 11 is 0. The number of hydrogen-bond donors (Lipinski definition) is 2. The van der Waals surface area contributed by atoms with Crippen molar-refractivity contribution in [2.45, 2.75) is 59.8 Å². The van der Waals surface area contributed by atoms with Crippen LogP contribution in [0, 0.1) is 11.8 Å². The molecule has 8 nitrogen and oxygen atoms in total. The summed E-state index contributed by atoms with van der Waals surface area (Å²) in [6.45, 7) is 7.00. The number of carboxylic acids is 2. The first kappa shape index (κ1) is 24.6. The summed E-state index contributed by atoms with van der Waals surface area (Å²) in [5.74, 6) is -6.43. The van der Waals surface area contributed by atoms with Crippen LogP contribution < -0.4 is 0 Å². The Balaban J connectivity index is 5.78. The van der Waals surface area contributed by atoms with E-state index in [0.29, 0.717) is 12.8 Å². The van der Waals surface area contributed by atoms with Crippen molar-refractivity contribution in [1.82, 2.24) is 0 Å². The summed E-state index contributed by atoms with van der Waals surface area (Å²) in [7, 11) is 0. The normalized spacial score (nSPS) is 12.6. The van der Waals surface area contributed by atoms with Crippen LogP contribution in [-0.4, -0.2) is 47.3 Å². The maximum absolute atomic E-state index is 12.3. The van der Waals surface area contributed by atoms with Gasteiger partial charge >= 0.3 is 23.9 Å². The molecule has 0 saturated carbocycles. The fourth-order valence-electron chi connectivity index (χ4n) is 2.49. The summed E-state index contributed by atoms with van der Waals surface area (Å²) in [6.07, 6.45) is 2.09. The lowest BCUT2D eigenvalue weighted by atomic mass is 9.84. The van der Waals surface area contributed by atoms with E-state index in [-0.39, 0.29) is 18.8 Å². The molecular weight excluding hydrogens is 356 g/mol. The Morgan fingerprint density at radius 2 is 1.22 bits per heavy atom. The smallest absolute Gasteiger partial charge is 0.332 e. The highest BCUT2D eigenvalue weighted by atomic mass is 16.5. The Kier molecular flexibility index (Phi) is 11.8. The first-order valence-corrected chi connectivity index (χ1v) is 9.18. The minimum Gasteiger partial charge on any atom is -0.481 e. The van der Waals surface area contributed by atoms with Crippen LogP contribution in [0.25, 0.3) is 0 Å². The van der Waals surface area contributed by atoms with Gasteiger partial charge in [0.2, 0.25) is 0 Å². The molecule has 0 radical (unpaired) electrons. The monoisotopic (exact) mass is 386 g/mol. The Labute approximate surface area is 159 Å². The molecule has 0 aliphatic rings. The highest BCUT2D eigenvalue weighted by Gasteiger charge is 2.34. The van der Waals surface area contributed by atoms with E-state index in [1.165, 1.54) is 13.8 Å². The number of hydrogen-bond acceptors (Lipinski definition) is 6. The molecule has 0 bridgehead atoms. The first-order valence-electron chi connectivity index (χ1n) is 9.18. The molecule has 2 N–H and O–H groups in total. The number of carbonyl (C=O) groups excluding carboxylic acids is 2. The van der Waals surface area contributed by atoms with Gasteiger partial charge in [-0.3, -0.25) is 14.4 Å². The van der Waals surface area contributed by atoms with Gasteiger partial charge in [0.1, 0.15) is 0 Å². The van der Waals surface area contributed by atoms with Crippen molar-refractivity contribution < 1.29 is 38.9 Å². The second kappa shape index (κ2) is 12.9. The second-order valence-electron chi connectivity index (χ2n) is 6.30. The molecule has 27 heavy (non-hydrogen) atoms. The van der Waals surface area contributed by atoms with Crippen LogP contribution in [0.4, 0.5) is 0 Å². The number of aliphatic carboxylic acids is 2. The topological polar surface area (TPSA) is 127 Å². The molecule has 0 aromatic rings. The van der Waals surface area contributed by atoms with Gasteiger partial charge in [-0.25, -0.2) is 4.79 Å². The fraction of sp³-hybridized carbons (Fsp3) is 0.684. The van der Waals surface area contributed by atoms with Crippen LogP contribution in [0.5, 0.6) is 0 Å². The van der Waals surface area contributed by atoms with E-state index in [2.05, 4.69) is 0 Å². The molecule has 0 amide bonds. The summed E-state index contributed by atoms with van der Waals surface area (Å²) in [5.41, 5.74) is -0.588. The zero-order chi connectivity index (χ0) is 21.0. The number of ether oxygens (including phenoxy) is 2. The van der Waals surface area contributed by atoms with Gasteiger partial charge in [-0.1, -0.05) is 26.7 Å². The maximum Gasteiger partial charge on any atom is 0.332 e. The SMILES string of the molecule is CCCCOC(=O)C(C)C(=C(CC(=O)O)C(=O)O)C(C)C(=O)OCCCC. The lowest BCUT2D eigenvalue weighted by molar-refractivity contribution is -0.149. The predicted molar refractivity (Wildman–Crippen MR) is 97.0 cm³/mol. The molecule has 0 heterocycles. The molecule has 2 unspecified atom stereocenters. The van der Waals surface area contributed by atoms with Gasteiger partial charge in [0, 0.05) is 5.57 Å². The average Bonchev–Trinajstić information content (AvgIpc) is 2.60. The molecule has 8 heteroatoms. The van der Waals surface area contributed by atoms with E-state index >= 15 is 0 Å². The van der Waals surface area contributed by atoms with Crippen LogP contribution in [0.15, 0.2) is 11.1 Å². The highest BCUT2D eigenvalue weighted by Crippen LogP contribution is 2.28. The zero-order valence-electron chi connectivity index (χ0n) is 16.4. The number of carboxylic acid groups (broad SMARTS) is 2. The number of unbranched alkanes of at least 4 members (excludes halogenated alkanes) is 2. The molecule has 0 spiro atoms. The number of rotatable bonds is 13. The van der Waals surface area contributed by atoms with Gasteiger partial charge in [0.25, 0.3) is 0 Å². The molecular formula is C19H30O8. The van der Waals surface area contributed by atoms with Crippen LogP contribution in [0.3, 0.4) is 0 Å². The molecule has 0 rings (SSSR count). The van der Waals surface area contributed by atoms with E-state index in [9.17, 15) is 24.3 Å². The summed E-state index contributed by atoms with van der Waals surface area (Å²) < 4.78 is 10.2. The molecule has 0 aliphatic heterocycles. The van der Waals surface area contributed by atoms with Crippen LogP contribution in [0.1, 0.15) is 59.8 Å². The van der Waals surface area contributed by atoms with Crippen LogP contribution >= 0.6 is 0 Å². The fourth-order valence-corrected chi connectivity index (χ4v) is 2.49. The third-order valence-electron chi connectivity index (χ3n) is 4.06. The van der Waals surface area contributed by atoms with Crippen molar-refractivity contribution in [2.24, 2.45) is 11.8 Å². The van der Waals surface area contributed by atoms with Crippen LogP contribution in [-0.2, 0) is 28.7 Å². The van der Waals surface area contributed by atoms with E-state index in [0.717, 1.165) is 12.8 Å². The van der Waals surface area contributed by atoms with E-state index in [1.807, 2.05) is 13.8 Å². The lowest BCUT2D eigenvalue weighted by Gasteiger charge is -2.22. The second-order valence-corrected chi connectivity index (χ2v) is 6.30.